The molecule has 10 nitrogen and oxygen atoms in total. The summed E-state index contributed by atoms with van der Waals surface area (Å²) in [6.07, 6.45) is 0. The normalized spacial score (nSPS) is 11.4. The quantitative estimate of drug-likeness (QED) is 0.173. The number of hydrogen-bond donors (Lipinski definition) is 4. The molecule has 0 atom stereocenters. The van der Waals surface area contributed by atoms with Crippen LogP contribution in [0.4, 0.5) is 22.7 Å². The van der Waals surface area contributed by atoms with Crippen LogP contribution in [0.2, 0.25) is 0 Å². The van der Waals surface area contributed by atoms with E-state index in [-0.39, 0.29) is 22.6 Å². The van der Waals surface area contributed by atoms with Gasteiger partial charge in [0.1, 0.15) is 22.6 Å². The van der Waals surface area contributed by atoms with Gasteiger partial charge in [0, 0.05) is 0 Å². The molecule has 10 heteroatoms. The van der Waals surface area contributed by atoms with Crippen LogP contribution < -0.4 is 0 Å². The third-order valence-electron chi connectivity index (χ3n) is 6.30. The standard InChI is InChI=1S/C30H26N4O6/c1-15-9-19(5-7-25(15)33-31-21-11-17(3)27(35)23(13-21)29(37)38)20-6-8-26(16(2)10-20)34-32-22-12-18(4)28(36)24(14-22)30(39)40/h5-14,35-36H,1-4H3,(H,37,38)(H,39,40). The molecule has 0 heterocycles. The maximum atomic E-state index is 11.4. The summed E-state index contributed by atoms with van der Waals surface area (Å²) in [5.41, 5.74) is 5.76. The van der Waals surface area contributed by atoms with Crippen molar-refractivity contribution < 1.29 is 30.0 Å². The number of nitrogens with zero attached hydrogens (tertiary/aromatic N) is 4. The van der Waals surface area contributed by atoms with Gasteiger partial charge >= 0.3 is 11.9 Å². The molecule has 0 saturated carbocycles. The van der Waals surface area contributed by atoms with Crippen LogP contribution in [-0.4, -0.2) is 32.4 Å². The van der Waals surface area contributed by atoms with Gasteiger partial charge in [0.05, 0.1) is 22.7 Å². The monoisotopic (exact) mass is 538 g/mol. The molecule has 0 radical (unpaired) electrons. The van der Waals surface area contributed by atoms with E-state index in [2.05, 4.69) is 20.5 Å². The van der Waals surface area contributed by atoms with E-state index in [4.69, 9.17) is 0 Å². The molecule has 0 aliphatic carbocycles. The van der Waals surface area contributed by atoms with Gasteiger partial charge in [0.25, 0.3) is 0 Å². The average Bonchev–Trinajstić information content (AvgIpc) is 2.90. The molecule has 0 bridgehead atoms. The molecular weight excluding hydrogens is 512 g/mol. The maximum Gasteiger partial charge on any atom is 0.339 e. The first-order chi connectivity index (χ1) is 18.9. The van der Waals surface area contributed by atoms with Crippen LogP contribution >= 0.6 is 0 Å². The summed E-state index contributed by atoms with van der Waals surface area (Å²) in [6.45, 7) is 6.98. The SMILES string of the molecule is Cc1cc(-c2ccc(N=Nc3cc(C)c(O)c(C(=O)O)c3)c(C)c2)ccc1N=Nc1cc(C)c(O)c(C(=O)O)c1. The zero-order valence-corrected chi connectivity index (χ0v) is 22.2. The molecule has 0 aliphatic heterocycles. The fourth-order valence-electron chi connectivity index (χ4n) is 4.08. The zero-order valence-electron chi connectivity index (χ0n) is 22.2. The minimum atomic E-state index is -1.25. The molecule has 4 aromatic carbocycles. The summed E-state index contributed by atoms with van der Waals surface area (Å²) in [6, 6.07) is 17.0. The van der Waals surface area contributed by atoms with E-state index in [1.807, 2.05) is 50.2 Å². The fourth-order valence-corrected chi connectivity index (χ4v) is 4.08. The van der Waals surface area contributed by atoms with Crippen LogP contribution in [0.3, 0.4) is 0 Å². The van der Waals surface area contributed by atoms with Crippen molar-refractivity contribution in [1.82, 2.24) is 0 Å². The average molecular weight is 539 g/mol. The number of aryl methyl sites for hydroxylation is 4. The van der Waals surface area contributed by atoms with E-state index in [1.165, 1.54) is 12.1 Å². The van der Waals surface area contributed by atoms with Crippen LogP contribution in [0.15, 0.2) is 81.1 Å². The lowest BCUT2D eigenvalue weighted by Crippen LogP contribution is -1.97. The molecule has 0 fully saturated rings. The molecule has 0 amide bonds. The molecule has 4 N–H and O–H groups in total. The molecule has 0 aromatic heterocycles. The van der Waals surface area contributed by atoms with Crippen LogP contribution in [0.5, 0.6) is 11.5 Å². The topological polar surface area (TPSA) is 164 Å². The van der Waals surface area contributed by atoms with Gasteiger partial charge in [-0.1, -0.05) is 12.1 Å². The molecule has 202 valence electrons. The van der Waals surface area contributed by atoms with E-state index in [1.54, 1.807) is 26.0 Å². The first-order valence-electron chi connectivity index (χ1n) is 12.1. The number of carboxylic acid groups (broad SMARTS) is 2. The van der Waals surface area contributed by atoms with Crippen molar-refractivity contribution in [3.05, 3.63) is 94.0 Å². The van der Waals surface area contributed by atoms with E-state index in [0.717, 1.165) is 22.3 Å². The minimum absolute atomic E-state index is 0.234. The highest BCUT2D eigenvalue weighted by molar-refractivity contribution is 5.93. The summed E-state index contributed by atoms with van der Waals surface area (Å²) in [5.74, 6) is -3.08. The van der Waals surface area contributed by atoms with Gasteiger partial charge in [-0.15, -0.1) is 0 Å². The Bertz CT molecular complexity index is 1600. The Balaban J connectivity index is 1.55. The second kappa shape index (κ2) is 11.2. The van der Waals surface area contributed by atoms with Crippen molar-refractivity contribution in [1.29, 1.82) is 0 Å². The lowest BCUT2D eigenvalue weighted by molar-refractivity contribution is 0.0682. The number of hydrogen-bond acceptors (Lipinski definition) is 8. The predicted octanol–water partition coefficient (Wildman–Crippen LogP) is 8.23. The molecule has 4 rings (SSSR count). The Morgan fingerprint density at radius 2 is 0.900 bits per heavy atom. The highest BCUT2D eigenvalue weighted by Gasteiger charge is 2.15. The zero-order chi connectivity index (χ0) is 29.1. The summed E-state index contributed by atoms with van der Waals surface area (Å²) in [5, 5.41) is 55.3. The van der Waals surface area contributed by atoms with Gasteiger partial charge in [0.15, 0.2) is 0 Å². The van der Waals surface area contributed by atoms with E-state index >= 15 is 0 Å². The highest BCUT2D eigenvalue weighted by Crippen LogP contribution is 2.34. The third-order valence-corrected chi connectivity index (χ3v) is 6.30. The van der Waals surface area contributed by atoms with Crippen molar-refractivity contribution in [2.24, 2.45) is 20.5 Å². The molecule has 4 aromatic rings. The molecule has 0 aliphatic rings. The second-order valence-electron chi connectivity index (χ2n) is 9.33. The molecular formula is C30H26N4O6. The minimum Gasteiger partial charge on any atom is -0.507 e. The smallest absolute Gasteiger partial charge is 0.339 e. The van der Waals surface area contributed by atoms with Crippen molar-refractivity contribution in [2.75, 3.05) is 0 Å². The Hall–Kier alpha value is -5.38. The van der Waals surface area contributed by atoms with Gasteiger partial charge in [-0.2, -0.15) is 20.5 Å². The van der Waals surface area contributed by atoms with Crippen molar-refractivity contribution in [2.45, 2.75) is 27.7 Å². The number of rotatable bonds is 7. The molecule has 0 spiro atoms. The van der Waals surface area contributed by atoms with Gasteiger partial charge < -0.3 is 20.4 Å². The van der Waals surface area contributed by atoms with Crippen molar-refractivity contribution >= 4 is 34.7 Å². The largest absolute Gasteiger partial charge is 0.507 e. The number of aromatic hydroxyl groups is 2. The van der Waals surface area contributed by atoms with Crippen LogP contribution in [0.25, 0.3) is 11.1 Å². The second-order valence-corrected chi connectivity index (χ2v) is 9.33. The summed E-state index contributed by atoms with van der Waals surface area (Å²) < 4.78 is 0. The fraction of sp³-hybridized carbons (Fsp3) is 0.133. The number of azo groups is 2. The van der Waals surface area contributed by atoms with Crippen LogP contribution in [0, 0.1) is 27.7 Å². The number of aromatic carboxylic acids is 2. The van der Waals surface area contributed by atoms with Crippen LogP contribution in [-0.2, 0) is 0 Å². The predicted molar refractivity (Wildman–Crippen MR) is 149 cm³/mol. The number of phenols is 2. The van der Waals surface area contributed by atoms with Crippen molar-refractivity contribution in [3.8, 4) is 22.6 Å². The van der Waals surface area contributed by atoms with E-state index < -0.39 is 11.9 Å². The summed E-state index contributed by atoms with van der Waals surface area (Å²) >= 11 is 0. The Morgan fingerprint density at radius 1 is 0.525 bits per heavy atom. The highest BCUT2D eigenvalue weighted by atomic mass is 16.4. The third kappa shape index (κ3) is 5.86. The number of carboxylic acids is 2. The Labute approximate surface area is 229 Å². The summed E-state index contributed by atoms with van der Waals surface area (Å²) in [7, 11) is 0. The molecule has 40 heavy (non-hydrogen) atoms. The first kappa shape index (κ1) is 27.6. The first-order valence-corrected chi connectivity index (χ1v) is 12.1. The van der Waals surface area contributed by atoms with Gasteiger partial charge in [0.2, 0.25) is 0 Å². The lowest BCUT2D eigenvalue weighted by atomic mass is 10.0. The van der Waals surface area contributed by atoms with Gasteiger partial charge in [-0.05, 0) is 110 Å². The van der Waals surface area contributed by atoms with E-state index in [0.29, 0.717) is 33.9 Å². The van der Waals surface area contributed by atoms with Crippen molar-refractivity contribution in [3.63, 3.8) is 0 Å². The Morgan fingerprint density at radius 3 is 1.23 bits per heavy atom. The Kier molecular flexibility index (Phi) is 7.71. The van der Waals surface area contributed by atoms with Crippen LogP contribution in [0.1, 0.15) is 43.0 Å². The molecule has 0 saturated heterocycles. The molecule has 0 unspecified atom stereocenters. The van der Waals surface area contributed by atoms with Gasteiger partial charge in [-0.3, -0.25) is 0 Å². The lowest BCUT2D eigenvalue weighted by Gasteiger charge is -2.08. The maximum absolute atomic E-state index is 11.4. The van der Waals surface area contributed by atoms with E-state index in [9.17, 15) is 30.0 Å². The number of benzene rings is 4. The summed E-state index contributed by atoms with van der Waals surface area (Å²) in [4.78, 5) is 22.7. The number of carbonyl (C=O) groups is 2. The van der Waals surface area contributed by atoms with Gasteiger partial charge in [-0.25, -0.2) is 9.59 Å².